The normalized spacial score (nSPS) is 13.6. The SMILES string of the molecule is O=C1c2ccccc2C(=O)N1CCn1ccnc1[N+](=O)[O-]. The Morgan fingerprint density at radius 3 is 2.29 bits per heavy atom. The molecule has 0 bridgehead atoms. The molecular weight excluding hydrogens is 276 g/mol. The number of imidazole rings is 1. The molecule has 8 nitrogen and oxygen atoms in total. The van der Waals surface area contributed by atoms with Crippen LogP contribution in [0, 0.1) is 10.1 Å². The molecule has 0 radical (unpaired) electrons. The lowest BCUT2D eigenvalue weighted by atomic mass is 10.1. The third-order valence-corrected chi connectivity index (χ3v) is 3.30. The number of nitro groups is 1. The summed E-state index contributed by atoms with van der Waals surface area (Å²) in [5.74, 6) is -1.07. The number of carbonyl (C=O) groups excluding carboxylic acids is 2. The van der Waals surface area contributed by atoms with E-state index in [4.69, 9.17) is 0 Å². The fourth-order valence-electron chi connectivity index (χ4n) is 2.30. The first-order valence-corrected chi connectivity index (χ1v) is 6.20. The third-order valence-electron chi connectivity index (χ3n) is 3.30. The van der Waals surface area contributed by atoms with Gasteiger partial charge in [0.1, 0.15) is 12.4 Å². The van der Waals surface area contributed by atoms with Crippen molar-refractivity contribution < 1.29 is 14.5 Å². The predicted molar refractivity (Wildman–Crippen MR) is 70.7 cm³/mol. The van der Waals surface area contributed by atoms with E-state index < -0.39 is 4.92 Å². The number of fused-ring (bicyclic) bond motifs is 1. The van der Waals surface area contributed by atoms with Gasteiger partial charge in [0.15, 0.2) is 0 Å². The summed E-state index contributed by atoms with van der Waals surface area (Å²) in [4.78, 5) is 39.1. The van der Waals surface area contributed by atoms with Crippen LogP contribution >= 0.6 is 0 Å². The van der Waals surface area contributed by atoms with Crippen LogP contribution in [-0.2, 0) is 6.54 Å². The first kappa shape index (κ1) is 13.0. The molecule has 21 heavy (non-hydrogen) atoms. The van der Waals surface area contributed by atoms with Gasteiger partial charge >= 0.3 is 5.95 Å². The molecule has 0 unspecified atom stereocenters. The molecule has 1 aromatic heterocycles. The van der Waals surface area contributed by atoms with Gasteiger partial charge in [0.05, 0.1) is 24.2 Å². The minimum Gasteiger partial charge on any atom is -0.390 e. The van der Waals surface area contributed by atoms with Crippen molar-refractivity contribution in [3.8, 4) is 0 Å². The van der Waals surface area contributed by atoms with Crippen molar-refractivity contribution in [2.24, 2.45) is 0 Å². The summed E-state index contributed by atoms with van der Waals surface area (Å²) in [6, 6.07) is 6.56. The molecule has 0 saturated heterocycles. The number of carbonyl (C=O) groups is 2. The number of rotatable bonds is 4. The van der Waals surface area contributed by atoms with Gasteiger partial charge in [-0.05, 0) is 17.1 Å². The average Bonchev–Trinajstić information content (AvgIpc) is 3.03. The molecular formula is C13H10N4O4. The van der Waals surface area contributed by atoms with E-state index in [-0.39, 0.29) is 30.9 Å². The molecule has 2 heterocycles. The largest absolute Gasteiger partial charge is 0.434 e. The maximum absolute atomic E-state index is 12.1. The van der Waals surface area contributed by atoms with Gasteiger partial charge in [-0.2, -0.15) is 0 Å². The second-order valence-corrected chi connectivity index (χ2v) is 4.49. The third kappa shape index (κ3) is 2.06. The van der Waals surface area contributed by atoms with E-state index in [1.54, 1.807) is 24.3 Å². The molecule has 3 rings (SSSR count). The van der Waals surface area contributed by atoms with Crippen molar-refractivity contribution >= 4 is 17.8 Å². The van der Waals surface area contributed by atoms with Crippen LogP contribution in [0.25, 0.3) is 0 Å². The fraction of sp³-hybridized carbons (Fsp3) is 0.154. The van der Waals surface area contributed by atoms with Gasteiger partial charge in [-0.3, -0.25) is 14.5 Å². The van der Waals surface area contributed by atoms with Gasteiger partial charge in [0.2, 0.25) is 0 Å². The van der Waals surface area contributed by atoms with E-state index in [9.17, 15) is 19.7 Å². The number of benzene rings is 1. The number of hydrogen-bond donors (Lipinski definition) is 0. The lowest BCUT2D eigenvalue weighted by Crippen LogP contribution is -2.32. The molecule has 2 aromatic rings. The van der Waals surface area contributed by atoms with Crippen molar-refractivity contribution in [3.63, 3.8) is 0 Å². The summed E-state index contributed by atoms with van der Waals surface area (Å²) in [6.07, 6.45) is 2.75. The minimum absolute atomic E-state index is 0.0591. The van der Waals surface area contributed by atoms with Gasteiger partial charge in [-0.1, -0.05) is 17.1 Å². The van der Waals surface area contributed by atoms with E-state index >= 15 is 0 Å². The van der Waals surface area contributed by atoms with Crippen molar-refractivity contribution in [1.82, 2.24) is 14.5 Å². The Morgan fingerprint density at radius 1 is 1.10 bits per heavy atom. The molecule has 1 aromatic carbocycles. The van der Waals surface area contributed by atoms with Crippen LogP contribution in [0.5, 0.6) is 0 Å². The van der Waals surface area contributed by atoms with Crippen molar-refractivity contribution in [2.45, 2.75) is 6.54 Å². The van der Waals surface area contributed by atoms with Crippen LogP contribution < -0.4 is 0 Å². The molecule has 0 saturated carbocycles. The highest BCUT2D eigenvalue weighted by Crippen LogP contribution is 2.22. The van der Waals surface area contributed by atoms with Crippen molar-refractivity contribution in [2.75, 3.05) is 6.54 Å². The first-order chi connectivity index (χ1) is 10.1. The molecule has 1 aliphatic rings. The van der Waals surface area contributed by atoms with Gasteiger partial charge in [0.25, 0.3) is 11.8 Å². The summed E-state index contributed by atoms with van der Waals surface area (Å²) in [6.45, 7) is 0.186. The Labute approximate surface area is 118 Å². The predicted octanol–water partition coefficient (Wildman–Crippen LogP) is 1.09. The van der Waals surface area contributed by atoms with Crippen LogP contribution in [0.4, 0.5) is 5.95 Å². The summed E-state index contributed by atoms with van der Waals surface area (Å²) in [5, 5.41) is 10.8. The van der Waals surface area contributed by atoms with E-state index in [0.717, 1.165) is 4.90 Å². The molecule has 0 N–H and O–H groups in total. The Bertz CT molecular complexity index is 717. The number of amides is 2. The van der Waals surface area contributed by atoms with Gasteiger partial charge < -0.3 is 10.1 Å². The van der Waals surface area contributed by atoms with Crippen LogP contribution in [-0.4, -0.2) is 37.7 Å². The molecule has 106 valence electrons. The quantitative estimate of drug-likeness (QED) is 0.476. The second-order valence-electron chi connectivity index (χ2n) is 4.49. The molecule has 2 amide bonds. The molecule has 0 fully saturated rings. The molecule has 0 spiro atoms. The van der Waals surface area contributed by atoms with Crippen molar-refractivity contribution in [1.29, 1.82) is 0 Å². The molecule has 0 aliphatic carbocycles. The molecule has 0 atom stereocenters. The lowest BCUT2D eigenvalue weighted by Gasteiger charge is -2.12. The van der Waals surface area contributed by atoms with E-state index in [0.29, 0.717) is 11.1 Å². The highest BCUT2D eigenvalue weighted by molar-refractivity contribution is 6.21. The monoisotopic (exact) mass is 286 g/mol. The van der Waals surface area contributed by atoms with E-state index in [2.05, 4.69) is 4.98 Å². The maximum Gasteiger partial charge on any atom is 0.434 e. The number of aromatic nitrogens is 2. The Morgan fingerprint density at radius 2 is 1.71 bits per heavy atom. The van der Waals surface area contributed by atoms with Gasteiger partial charge in [-0.15, -0.1) is 0 Å². The summed E-state index contributed by atoms with van der Waals surface area (Å²) in [7, 11) is 0. The first-order valence-electron chi connectivity index (χ1n) is 6.20. The molecule has 8 heteroatoms. The van der Waals surface area contributed by atoms with E-state index in [1.807, 2.05) is 0 Å². The zero-order valence-corrected chi connectivity index (χ0v) is 10.8. The second kappa shape index (κ2) is 4.82. The Hall–Kier alpha value is -3.03. The number of hydrogen-bond acceptors (Lipinski definition) is 5. The van der Waals surface area contributed by atoms with Gasteiger partial charge in [0, 0.05) is 0 Å². The highest BCUT2D eigenvalue weighted by Gasteiger charge is 2.35. The average molecular weight is 286 g/mol. The van der Waals surface area contributed by atoms with Crippen molar-refractivity contribution in [3.05, 3.63) is 57.9 Å². The topological polar surface area (TPSA) is 98.3 Å². The smallest absolute Gasteiger partial charge is 0.390 e. The summed E-state index contributed by atoms with van der Waals surface area (Å²) < 4.78 is 1.30. The van der Waals surface area contributed by atoms with Gasteiger partial charge in [-0.25, -0.2) is 4.57 Å². The fourth-order valence-corrected chi connectivity index (χ4v) is 2.30. The van der Waals surface area contributed by atoms with Crippen LogP contribution in [0.2, 0.25) is 0 Å². The summed E-state index contributed by atoms with van der Waals surface area (Å²) in [5.41, 5.74) is 0.727. The van der Waals surface area contributed by atoms with Crippen LogP contribution in [0.3, 0.4) is 0 Å². The highest BCUT2D eigenvalue weighted by atomic mass is 16.6. The Kier molecular flexibility index (Phi) is 2.98. The maximum atomic E-state index is 12.1. The number of nitrogens with zero attached hydrogens (tertiary/aromatic N) is 4. The van der Waals surface area contributed by atoms with E-state index in [1.165, 1.54) is 17.0 Å². The zero-order chi connectivity index (χ0) is 15.0. The standard InChI is InChI=1S/C13H10N4O4/c18-11-9-3-1-2-4-10(9)12(19)16(11)8-7-15-6-5-14-13(15)17(20)21/h1-6H,7-8H2. The summed E-state index contributed by atoms with van der Waals surface area (Å²) >= 11 is 0. The minimum atomic E-state index is -0.609. The van der Waals surface area contributed by atoms with Crippen LogP contribution in [0.15, 0.2) is 36.7 Å². The number of imide groups is 1. The zero-order valence-electron chi connectivity index (χ0n) is 10.8. The molecule has 1 aliphatic heterocycles. The lowest BCUT2D eigenvalue weighted by molar-refractivity contribution is -0.396. The van der Waals surface area contributed by atoms with Crippen LogP contribution in [0.1, 0.15) is 20.7 Å². The Balaban J connectivity index is 1.78.